The summed E-state index contributed by atoms with van der Waals surface area (Å²) in [5, 5.41) is 4.41. The normalized spacial score (nSPS) is 22.7. The summed E-state index contributed by atoms with van der Waals surface area (Å²) in [5.74, 6) is 1.45. The molecule has 1 aliphatic heterocycles. The van der Waals surface area contributed by atoms with E-state index in [0.717, 1.165) is 55.6 Å². The van der Waals surface area contributed by atoms with Crippen molar-refractivity contribution in [1.82, 2.24) is 9.78 Å². The first-order valence-corrected chi connectivity index (χ1v) is 9.88. The third-order valence-corrected chi connectivity index (χ3v) is 5.98. The Morgan fingerprint density at radius 2 is 1.96 bits per heavy atom. The molecule has 2 heterocycles. The number of nitrogens with zero attached hydrogens (tertiary/aromatic N) is 3. The van der Waals surface area contributed by atoms with E-state index in [-0.39, 0.29) is 12.0 Å². The fourth-order valence-corrected chi connectivity index (χ4v) is 4.03. The molecule has 5 rings (SSSR count). The minimum atomic E-state index is 0.227. The van der Waals surface area contributed by atoms with Crippen LogP contribution in [-0.4, -0.2) is 27.8 Å². The molecule has 1 amide bonds. The van der Waals surface area contributed by atoms with Gasteiger partial charge in [0, 0.05) is 29.9 Å². The van der Waals surface area contributed by atoms with Gasteiger partial charge in [-0.15, -0.1) is 0 Å². The van der Waals surface area contributed by atoms with Gasteiger partial charge in [-0.25, -0.2) is 4.68 Å². The summed E-state index contributed by atoms with van der Waals surface area (Å²) in [6.45, 7) is 2.16. The van der Waals surface area contributed by atoms with E-state index in [9.17, 15) is 4.79 Å². The molecule has 2 saturated carbocycles. The van der Waals surface area contributed by atoms with E-state index in [1.165, 1.54) is 12.0 Å². The lowest BCUT2D eigenvalue weighted by Gasteiger charge is -2.38. The smallest absolute Gasteiger partial charge is 0.230 e. The Balaban J connectivity index is 1.61. The zero-order valence-electron chi connectivity index (χ0n) is 15.2. The fourth-order valence-electron chi connectivity index (χ4n) is 4.03. The molecule has 5 nitrogen and oxygen atoms in total. The van der Waals surface area contributed by atoms with E-state index < -0.39 is 0 Å². The highest BCUT2D eigenvalue weighted by Crippen LogP contribution is 2.44. The highest BCUT2D eigenvalue weighted by atomic mass is 16.5. The molecule has 2 aliphatic carbocycles. The molecular formula is C21H25N3O2. The lowest BCUT2D eigenvalue weighted by Crippen LogP contribution is -2.43. The van der Waals surface area contributed by atoms with Crippen molar-refractivity contribution in [3.63, 3.8) is 0 Å². The van der Waals surface area contributed by atoms with Gasteiger partial charge in [0.2, 0.25) is 5.91 Å². The Bertz CT molecular complexity index is 822. The van der Waals surface area contributed by atoms with Crippen LogP contribution in [0.3, 0.4) is 0 Å². The highest BCUT2D eigenvalue weighted by molar-refractivity contribution is 5.98. The van der Waals surface area contributed by atoms with Crippen LogP contribution in [0.5, 0.6) is 5.75 Å². The predicted molar refractivity (Wildman–Crippen MR) is 99.8 cm³/mol. The van der Waals surface area contributed by atoms with Gasteiger partial charge >= 0.3 is 0 Å². The number of hydrogen-bond acceptors (Lipinski definition) is 3. The van der Waals surface area contributed by atoms with Crippen LogP contribution < -0.4 is 9.64 Å². The summed E-state index contributed by atoms with van der Waals surface area (Å²) in [7, 11) is 0. The summed E-state index contributed by atoms with van der Waals surface area (Å²) < 4.78 is 8.32. The maximum absolute atomic E-state index is 12.9. The van der Waals surface area contributed by atoms with E-state index in [1.54, 1.807) is 6.20 Å². The number of carbonyl (C=O) groups excluding carboxylic acids is 1. The van der Waals surface area contributed by atoms with Gasteiger partial charge in [0.15, 0.2) is 5.75 Å². The second kappa shape index (κ2) is 6.15. The van der Waals surface area contributed by atoms with Crippen molar-refractivity contribution in [2.45, 2.75) is 64.0 Å². The number of carbonyl (C=O) groups is 1. The first-order chi connectivity index (χ1) is 12.7. The topological polar surface area (TPSA) is 47.4 Å². The Kier molecular flexibility index (Phi) is 3.76. The van der Waals surface area contributed by atoms with Gasteiger partial charge in [-0.1, -0.05) is 0 Å². The Hall–Kier alpha value is -2.30. The number of aromatic nitrogens is 2. The average Bonchev–Trinajstić information content (AvgIpc) is 3.32. The predicted octanol–water partition coefficient (Wildman–Crippen LogP) is 3.88. The van der Waals surface area contributed by atoms with E-state index >= 15 is 0 Å². The fraction of sp³-hybridized carbons (Fsp3) is 0.524. The molecule has 1 aromatic carbocycles. The van der Waals surface area contributed by atoms with Gasteiger partial charge in [-0.3, -0.25) is 4.79 Å². The van der Waals surface area contributed by atoms with Crippen molar-refractivity contribution in [2.24, 2.45) is 5.92 Å². The Morgan fingerprint density at radius 1 is 1.15 bits per heavy atom. The molecule has 136 valence electrons. The molecule has 0 saturated heterocycles. The molecule has 3 aliphatic rings. The van der Waals surface area contributed by atoms with Crippen molar-refractivity contribution in [2.75, 3.05) is 4.90 Å². The number of fused-ring (bicyclic) bond motifs is 1. The first-order valence-electron chi connectivity index (χ1n) is 9.88. The molecule has 0 N–H and O–H groups in total. The minimum Gasteiger partial charge on any atom is -0.488 e. The summed E-state index contributed by atoms with van der Waals surface area (Å²) in [6.07, 6.45) is 11.5. The molecule has 1 unspecified atom stereocenters. The summed E-state index contributed by atoms with van der Waals surface area (Å²) in [4.78, 5) is 15.0. The standard InChI is InChI=1S/C21H25N3O2/c1-14-6-9-17-18(24(14)21(25)15-7-8-15)10-11-19(23-13-3-12-22-23)20(17)26-16-4-2-5-16/h3,10-16H,2,4-9H2,1H3. The summed E-state index contributed by atoms with van der Waals surface area (Å²) in [6, 6.07) is 6.33. The summed E-state index contributed by atoms with van der Waals surface area (Å²) >= 11 is 0. The third kappa shape index (κ3) is 2.61. The van der Waals surface area contributed by atoms with Crippen LogP contribution in [0, 0.1) is 5.92 Å². The van der Waals surface area contributed by atoms with Crippen molar-refractivity contribution >= 4 is 11.6 Å². The van der Waals surface area contributed by atoms with Gasteiger partial charge in [0.05, 0.1) is 11.8 Å². The van der Waals surface area contributed by atoms with Crippen LogP contribution in [0.2, 0.25) is 0 Å². The first kappa shape index (κ1) is 15.9. The molecule has 2 fully saturated rings. The average molecular weight is 351 g/mol. The minimum absolute atomic E-state index is 0.227. The molecule has 26 heavy (non-hydrogen) atoms. The lowest BCUT2D eigenvalue weighted by atomic mass is 9.93. The quantitative estimate of drug-likeness (QED) is 0.840. The van der Waals surface area contributed by atoms with Gasteiger partial charge in [0.1, 0.15) is 5.69 Å². The van der Waals surface area contributed by atoms with Gasteiger partial charge < -0.3 is 9.64 Å². The van der Waals surface area contributed by atoms with E-state index in [1.807, 2.05) is 21.8 Å². The Morgan fingerprint density at radius 3 is 2.62 bits per heavy atom. The molecule has 0 radical (unpaired) electrons. The number of hydrogen-bond donors (Lipinski definition) is 0. The molecule has 1 atom stereocenters. The molecule has 2 aromatic rings. The second-order valence-electron chi connectivity index (χ2n) is 7.90. The van der Waals surface area contributed by atoms with E-state index in [0.29, 0.717) is 12.0 Å². The van der Waals surface area contributed by atoms with Crippen LogP contribution >= 0.6 is 0 Å². The van der Waals surface area contributed by atoms with E-state index in [2.05, 4.69) is 24.2 Å². The zero-order chi connectivity index (χ0) is 17.7. The van der Waals surface area contributed by atoms with Gasteiger partial charge in [-0.05, 0) is 70.1 Å². The maximum atomic E-state index is 12.9. The van der Waals surface area contributed by atoms with Crippen LogP contribution in [0.1, 0.15) is 51.0 Å². The lowest BCUT2D eigenvalue weighted by molar-refractivity contribution is -0.120. The van der Waals surface area contributed by atoms with E-state index in [4.69, 9.17) is 4.74 Å². The number of anilines is 1. The van der Waals surface area contributed by atoms with Crippen molar-refractivity contribution < 1.29 is 9.53 Å². The molecule has 5 heteroatoms. The SMILES string of the molecule is CC1CCc2c(ccc(-n3cccn3)c2OC2CCC2)N1C(=O)C1CC1. The van der Waals surface area contributed by atoms with Crippen LogP contribution in [0.15, 0.2) is 30.6 Å². The van der Waals surface area contributed by atoms with Crippen LogP contribution in [0.4, 0.5) is 5.69 Å². The molecule has 1 aromatic heterocycles. The highest BCUT2D eigenvalue weighted by Gasteiger charge is 2.39. The van der Waals surface area contributed by atoms with Crippen molar-refractivity contribution in [3.05, 3.63) is 36.2 Å². The van der Waals surface area contributed by atoms with Crippen LogP contribution in [0.25, 0.3) is 5.69 Å². The van der Waals surface area contributed by atoms with Crippen molar-refractivity contribution in [1.29, 1.82) is 0 Å². The third-order valence-electron chi connectivity index (χ3n) is 5.98. The Labute approximate surface area is 153 Å². The molecule has 0 spiro atoms. The monoisotopic (exact) mass is 351 g/mol. The maximum Gasteiger partial charge on any atom is 0.230 e. The largest absolute Gasteiger partial charge is 0.488 e. The zero-order valence-corrected chi connectivity index (χ0v) is 15.2. The number of benzene rings is 1. The van der Waals surface area contributed by atoms with Crippen LogP contribution in [-0.2, 0) is 11.2 Å². The summed E-state index contributed by atoms with van der Waals surface area (Å²) in [5.41, 5.74) is 3.21. The van der Waals surface area contributed by atoms with Crippen molar-refractivity contribution in [3.8, 4) is 11.4 Å². The number of rotatable bonds is 4. The number of ether oxygens (including phenoxy) is 1. The van der Waals surface area contributed by atoms with Gasteiger partial charge in [-0.2, -0.15) is 5.10 Å². The number of amides is 1. The molecule has 0 bridgehead atoms. The molecular weight excluding hydrogens is 326 g/mol. The second-order valence-corrected chi connectivity index (χ2v) is 7.90. The van der Waals surface area contributed by atoms with Gasteiger partial charge in [0.25, 0.3) is 0 Å².